The molecule has 4 N–H and O–H groups in total. The third kappa shape index (κ3) is 5.51. The lowest BCUT2D eigenvalue weighted by atomic mass is 10.1. The van der Waals surface area contributed by atoms with Crippen molar-refractivity contribution >= 4 is 39.8 Å². The summed E-state index contributed by atoms with van der Waals surface area (Å²) in [7, 11) is 0. The van der Waals surface area contributed by atoms with Gasteiger partial charge < -0.3 is 16.4 Å². The van der Waals surface area contributed by atoms with Gasteiger partial charge in [-0.05, 0) is 60.5 Å². The van der Waals surface area contributed by atoms with Gasteiger partial charge in [0.1, 0.15) is 24.0 Å². The summed E-state index contributed by atoms with van der Waals surface area (Å²) in [5, 5.41) is 16.0. The van der Waals surface area contributed by atoms with Crippen LogP contribution in [0.4, 0.5) is 20.4 Å². The Hall–Kier alpha value is -4.95. The Morgan fingerprint density at radius 3 is 2.72 bits per heavy atom. The minimum atomic E-state index is -1.00. The quantitative estimate of drug-likeness (QED) is 0.245. The summed E-state index contributed by atoms with van der Waals surface area (Å²) >= 11 is 1.56. The maximum Gasteiger partial charge on any atom is 0.255 e. The maximum atomic E-state index is 13.7. The molecule has 5 aromatic rings. The zero-order valence-electron chi connectivity index (χ0n) is 20.6. The highest BCUT2D eigenvalue weighted by atomic mass is 32.1. The fourth-order valence-corrected chi connectivity index (χ4v) is 4.95. The molecule has 0 radical (unpaired) electrons. The van der Waals surface area contributed by atoms with E-state index in [1.807, 2.05) is 36.4 Å². The molecule has 0 fully saturated rings. The molecular formula is C28H21F2N7OS. The molecule has 0 aliphatic rings. The Morgan fingerprint density at radius 1 is 1.08 bits per heavy atom. The molecule has 1 amide bonds. The van der Waals surface area contributed by atoms with Crippen LogP contribution in [-0.2, 0) is 6.54 Å². The van der Waals surface area contributed by atoms with Crippen molar-refractivity contribution in [1.82, 2.24) is 20.3 Å². The van der Waals surface area contributed by atoms with Gasteiger partial charge >= 0.3 is 0 Å². The topological polar surface area (TPSA) is 130 Å². The summed E-state index contributed by atoms with van der Waals surface area (Å²) in [5.41, 5.74) is 8.51. The number of aromatic nitrogens is 3. The number of benzene rings is 2. The largest absolute Gasteiger partial charge is 0.383 e. The number of nitrogen functional groups attached to an aromatic ring is 1. The van der Waals surface area contributed by atoms with Gasteiger partial charge in [0.25, 0.3) is 5.91 Å². The van der Waals surface area contributed by atoms with Crippen LogP contribution in [0, 0.1) is 23.0 Å². The van der Waals surface area contributed by atoms with E-state index in [0.717, 1.165) is 38.4 Å². The molecule has 11 heteroatoms. The van der Waals surface area contributed by atoms with E-state index in [9.17, 15) is 18.8 Å². The minimum absolute atomic E-state index is 0.158. The molecule has 5 rings (SSSR count). The number of amides is 1. The molecular weight excluding hydrogens is 520 g/mol. The Morgan fingerprint density at radius 2 is 1.92 bits per heavy atom. The van der Waals surface area contributed by atoms with Crippen LogP contribution < -0.4 is 16.4 Å². The number of nitrogens with two attached hydrogens (primary N) is 1. The first-order valence-corrected chi connectivity index (χ1v) is 12.6. The molecule has 39 heavy (non-hydrogen) atoms. The van der Waals surface area contributed by atoms with Gasteiger partial charge in [-0.25, -0.2) is 23.7 Å². The first-order valence-electron chi connectivity index (χ1n) is 11.8. The Bertz CT molecular complexity index is 1750. The number of carbonyl (C=O) groups is 1. The number of halogens is 2. The Labute approximate surface area is 226 Å². The molecule has 0 saturated carbocycles. The lowest BCUT2D eigenvalue weighted by molar-refractivity contribution is 0.0940. The van der Waals surface area contributed by atoms with Gasteiger partial charge in [0.2, 0.25) is 0 Å². The zero-order valence-corrected chi connectivity index (χ0v) is 21.4. The van der Waals surface area contributed by atoms with E-state index in [4.69, 9.17) is 5.73 Å². The van der Waals surface area contributed by atoms with E-state index in [1.165, 1.54) is 24.7 Å². The van der Waals surface area contributed by atoms with E-state index in [2.05, 4.69) is 25.6 Å². The standard InChI is InChI=1S/C28H21F2N7OS/c1-15(17-2-5-22(29)23(30)10-17)37-28(38)21-8-16(11-31)12-33-27(21)34-13-19-4-7-25(39-19)18-3-6-24-20(9-18)26(32)36-14-35-24/h2-10,12,14-15H,13H2,1H3,(H,33,34)(H,37,38)(H2,32,35,36)/t15-/m0/s1. The second-order valence-corrected chi connectivity index (χ2v) is 9.88. The number of carbonyl (C=O) groups excluding carboxylic acids is 1. The van der Waals surface area contributed by atoms with Gasteiger partial charge in [-0.1, -0.05) is 12.1 Å². The monoisotopic (exact) mass is 541 g/mol. The molecule has 0 bridgehead atoms. The normalized spacial score (nSPS) is 11.6. The predicted octanol–water partition coefficient (Wildman–Crippen LogP) is 5.59. The number of fused-ring (bicyclic) bond motifs is 1. The van der Waals surface area contributed by atoms with Gasteiger partial charge in [-0.15, -0.1) is 11.3 Å². The number of rotatable bonds is 7. The second-order valence-electron chi connectivity index (χ2n) is 8.71. The summed E-state index contributed by atoms with van der Waals surface area (Å²) < 4.78 is 27.0. The van der Waals surface area contributed by atoms with E-state index >= 15 is 0 Å². The molecule has 8 nitrogen and oxygen atoms in total. The maximum absolute atomic E-state index is 13.7. The van der Waals surface area contributed by atoms with Gasteiger partial charge in [0, 0.05) is 21.3 Å². The summed E-state index contributed by atoms with van der Waals surface area (Å²) in [6, 6.07) is 16.0. The van der Waals surface area contributed by atoms with Crippen molar-refractivity contribution in [2.24, 2.45) is 0 Å². The fraction of sp³-hybridized carbons (Fsp3) is 0.107. The SMILES string of the molecule is C[C@H](NC(=O)c1cc(C#N)cnc1NCc1ccc(-c2ccc3ncnc(N)c3c2)s1)c1ccc(F)c(F)c1. The smallest absolute Gasteiger partial charge is 0.255 e. The molecule has 0 aliphatic carbocycles. The van der Waals surface area contributed by atoms with Crippen LogP contribution in [0.15, 0.2) is 67.1 Å². The lowest BCUT2D eigenvalue weighted by Crippen LogP contribution is -2.28. The van der Waals surface area contributed by atoms with Crippen LogP contribution in [0.25, 0.3) is 21.3 Å². The molecule has 3 heterocycles. The predicted molar refractivity (Wildman–Crippen MR) is 146 cm³/mol. The van der Waals surface area contributed by atoms with Crippen LogP contribution in [0.1, 0.15) is 39.3 Å². The molecule has 0 spiro atoms. The van der Waals surface area contributed by atoms with E-state index in [0.29, 0.717) is 17.9 Å². The van der Waals surface area contributed by atoms with E-state index < -0.39 is 23.6 Å². The number of nitrogens with one attached hydrogen (secondary N) is 2. The summed E-state index contributed by atoms with van der Waals surface area (Å²) in [4.78, 5) is 27.7. The third-order valence-electron chi connectivity index (χ3n) is 6.10. The summed E-state index contributed by atoms with van der Waals surface area (Å²) in [6.45, 7) is 2.03. The number of thiophene rings is 1. The van der Waals surface area contributed by atoms with Crippen molar-refractivity contribution in [3.8, 4) is 16.5 Å². The number of hydrogen-bond acceptors (Lipinski definition) is 8. The van der Waals surface area contributed by atoms with Crippen LogP contribution in [-0.4, -0.2) is 20.9 Å². The highest BCUT2D eigenvalue weighted by Gasteiger charge is 2.18. The number of hydrogen-bond donors (Lipinski definition) is 3. The summed E-state index contributed by atoms with van der Waals surface area (Å²) in [6.07, 6.45) is 2.81. The van der Waals surface area contributed by atoms with Gasteiger partial charge in [0.15, 0.2) is 11.6 Å². The van der Waals surface area contributed by atoms with Crippen molar-refractivity contribution in [3.05, 3.63) is 100 Å². The van der Waals surface area contributed by atoms with Crippen molar-refractivity contribution in [2.75, 3.05) is 11.1 Å². The third-order valence-corrected chi connectivity index (χ3v) is 7.23. The van der Waals surface area contributed by atoms with Crippen molar-refractivity contribution in [1.29, 1.82) is 5.26 Å². The van der Waals surface area contributed by atoms with Gasteiger partial charge in [-0.3, -0.25) is 4.79 Å². The van der Waals surface area contributed by atoms with Crippen LogP contribution in [0.2, 0.25) is 0 Å². The van der Waals surface area contributed by atoms with Crippen molar-refractivity contribution in [3.63, 3.8) is 0 Å². The first kappa shape index (κ1) is 25.7. The van der Waals surface area contributed by atoms with Crippen LogP contribution in [0.3, 0.4) is 0 Å². The molecule has 0 saturated heterocycles. The minimum Gasteiger partial charge on any atom is -0.383 e. The van der Waals surface area contributed by atoms with Crippen molar-refractivity contribution < 1.29 is 13.6 Å². The van der Waals surface area contributed by atoms with Gasteiger partial charge in [-0.2, -0.15) is 5.26 Å². The first-order chi connectivity index (χ1) is 18.8. The highest BCUT2D eigenvalue weighted by molar-refractivity contribution is 7.15. The highest BCUT2D eigenvalue weighted by Crippen LogP contribution is 2.31. The average molecular weight is 542 g/mol. The zero-order chi connectivity index (χ0) is 27.5. The molecule has 194 valence electrons. The molecule has 2 aromatic carbocycles. The van der Waals surface area contributed by atoms with Gasteiger partial charge in [0.05, 0.1) is 29.2 Å². The molecule has 3 aromatic heterocycles. The number of pyridine rings is 1. The van der Waals surface area contributed by atoms with E-state index in [-0.39, 0.29) is 16.9 Å². The molecule has 1 atom stereocenters. The van der Waals surface area contributed by atoms with Crippen LogP contribution in [0.5, 0.6) is 0 Å². The molecule has 0 aliphatic heterocycles. The number of nitriles is 1. The fourth-order valence-electron chi connectivity index (χ4n) is 4.01. The number of nitrogens with zero attached hydrogens (tertiary/aromatic N) is 4. The van der Waals surface area contributed by atoms with Crippen molar-refractivity contribution in [2.45, 2.75) is 19.5 Å². The lowest BCUT2D eigenvalue weighted by Gasteiger charge is -2.16. The number of anilines is 2. The summed E-state index contributed by atoms with van der Waals surface area (Å²) in [5.74, 6) is -1.78. The second kappa shape index (κ2) is 10.8. The average Bonchev–Trinajstić information content (AvgIpc) is 3.42. The van der Waals surface area contributed by atoms with E-state index in [1.54, 1.807) is 18.3 Å². The Balaban J connectivity index is 1.33. The Kier molecular flexibility index (Phi) is 7.12. The molecule has 0 unspecified atom stereocenters. The van der Waals surface area contributed by atoms with Crippen LogP contribution >= 0.6 is 11.3 Å².